The lowest BCUT2D eigenvalue weighted by atomic mass is 10.1. The van der Waals surface area contributed by atoms with E-state index in [1.54, 1.807) is 35.9 Å². The van der Waals surface area contributed by atoms with Crippen LogP contribution in [0.4, 0.5) is 0 Å². The highest BCUT2D eigenvalue weighted by Crippen LogP contribution is 2.13. The minimum absolute atomic E-state index is 0.178. The summed E-state index contributed by atoms with van der Waals surface area (Å²) < 4.78 is 2.58. The van der Waals surface area contributed by atoms with Crippen LogP contribution in [-0.4, -0.2) is 16.4 Å². The molecule has 0 aliphatic rings. The van der Waals surface area contributed by atoms with Crippen LogP contribution in [0.3, 0.4) is 0 Å². The zero-order valence-corrected chi connectivity index (χ0v) is 12.5. The lowest BCUT2D eigenvalue weighted by Crippen LogP contribution is -2.25. The smallest absolute Gasteiger partial charge is 0.268 e. The maximum Gasteiger partial charge on any atom is 0.268 e. The number of nitrogens with one attached hydrogen (secondary N) is 1. The molecule has 2 aromatic rings. The molecular formula is C14H14BrN3O2. The number of carbonyl (C=O) groups is 2. The molecule has 2 amide bonds. The Morgan fingerprint density at radius 3 is 2.70 bits per heavy atom. The van der Waals surface area contributed by atoms with Crippen LogP contribution in [0.2, 0.25) is 0 Å². The number of amides is 2. The third kappa shape index (κ3) is 3.27. The van der Waals surface area contributed by atoms with Crippen LogP contribution in [-0.2, 0) is 13.6 Å². The molecule has 2 rings (SSSR count). The van der Waals surface area contributed by atoms with Crippen molar-refractivity contribution in [3.8, 4) is 0 Å². The quantitative estimate of drug-likeness (QED) is 0.893. The Bertz CT molecular complexity index is 664. The number of hydrogen-bond donors (Lipinski definition) is 2. The van der Waals surface area contributed by atoms with Gasteiger partial charge in [0.2, 0.25) is 5.91 Å². The van der Waals surface area contributed by atoms with Gasteiger partial charge in [-0.15, -0.1) is 0 Å². The summed E-state index contributed by atoms with van der Waals surface area (Å²) in [4.78, 5) is 23.1. The van der Waals surface area contributed by atoms with Crippen molar-refractivity contribution in [3.63, 3.8) is 0 Å². The first-order valence-electron chi connectivity index (χ1n) is 5.96. The number of nitrogens with two attached hydrogens (primary N) is 1. The fourth-order valence-corrected chi connectivity index (χ4v) is 2.38. The number of benzene rings is 1. The molecule has 0 aliphatic heterocycles. The van der Waals surface area contributed by atoms with Crippen molar-refractivity contribution >= 4 is 27.7 Å². The molecule has 0 aliphatic carbocycles. The summed E-state index contributed by atoms with van der Waals surface area (Å²) in [6.45, 7) is 0.336. The van der Waals surface area contributed by atoms with Gasteiger partial charge in [-0.25, -0.2) is 0 Å². The van der Waals surface area contributed by atoms with Gasteiger partial charge >= 0.3 is 0 Å². The normalized spacial score (nSPS) is 10.3. The van der Waals surface area contributed by atoms with Gasteiger partial charge in [0.25, 0.3) is 5.91 Å². The van der Waals surface area contributed by atoms with Gasteiger partial charge in [0, 0.05) is 29.8 Å². The van der Waals surface area contributed by atoms with E-state index in [4.69, 9.17) is 5.73 Å². The summed E-state index contributed by atoms with van der Waals surface area (Å²) in [5.74, 6) is -0.660. The lowest BCUT2D eigenvalue weighted by molar-refractivity contribution is 0.0942. The molecular weight excluding hydrogens is 322 g/mol. The van der Waals surface area contributed by atoms with Crippen LogP contribution in [0, 0.1) is 0 Å². The summed E-state index contributed by atoms with van der Waals surface area (Å²) in [5, 5.41) is 2.80. The van der Waals surface area contributed by atoms with E-state index in [1.165, 1.54) is 0 Å². The van der Waals surface area contributed by atoms with E-state index < -0.39 is 5.91 Å². The zero-order chi connectivity index (χ0) is 14.7. The molecule has 0 spiro atoms. The molecule has 0 unspecified atom stereocenters. The van der Waals surface area contributed by atoms with Gasteiger partial charge < -0.3 is 15.6 Å². The molecule has 0 radical (unpaired) electrons. The number of aryl methyl sites for hydroxylation is 1. The number of hydrogen-bond acceptors (Lipinski definition) is 2. The fraction of sp³-hybridized carbons (Fsp3) is 0.143. The number of rotatable bonds is 4. The Morgan fingerprint density at radius 2 is 2.10 bits per heavy atom. The standard InChI is InChI=1S/C14H14BrN3O2/c1-18-8-11(15)6-12(18)14(20)17-7-9-3-2-4-10(5-9)13(16)19/h2-6,8H,7H2,1H3,(H2,16,19)(H,17,20). The third-order valence-corrected chi connectivity index (χ3v) is 3.30. The van der Waals surface area contributed by atoms with Crippen molar-refractivity contribution in [2.24, 2.45) is 12.8 Å². The average Bonchev–Trinajstić information content (AvgIpc) is 2.75. The molecule has 1 aromatic heterocycles. The first kappa shape index (κ1) is 14.3. The van der Waals surface area contributed by atoms with Crippen molar-refractivity contribution < 1.29 is 9.59 Å². The van der Waals surface area contributed by atoms with E-state index in [0.29, 0.717) is 17.8 Å². The summed E-state index contributed by atoms with van der Waals surface area (Å²) in [6.07, 6.45) is 1.81. The average molecular weight is 336 g/mol. The second-order valence-corrected chi connectivity index (χ2v) is 5.32. The van der Waals surface area contributed by atoms with Crippen LogP contribution in [0.5, 0.6) is 0 Å². The summed E-state index contributed by atoms with van der Waals surface area (Å²) in [6, 6.07) is 8.62. The zero-order valence-electron chi connectivity index (χ0n) is 10.9. The van der Waals surface area contributed by atoms with Crippen LogP contribution >= 0.6 is 15.9 Å². The molecule has 0 fully saturated rings. The Morgan fingerprint density at radius 1 is 1.35 bits per heavy atom. The second kappa shape index (κ2) is 5.92. The van der Waals surface area contributed by atoms with E-state index in [-0.39, 0.29) is 5.91 Å². The van der Waals surface area contributed by atoms with Gasteiger partial charge in [-0.2, -0.15) is 0 Å². The Hall–Kier alpha value is -2.08. The first-order valence-corrected chi connectivity index (χ1v) is 6.75. The van der Waals surface area contributed by atoms with Crippen molar-refractivity contribution in [1.82, 2.24) is 9.88 Å². The highest BCUT2D eigenvalue weighted by Gasteiger charge is 2.10. The molecule has 1 heterocycles. The molecule has 1 aromatic carbocycles. The predicted octanol–water partition coefficient (Wildman–Crippen LogP) is 1.82. The maximum absolute atomic E-state index is 12.0. The number of primary amides is 1. The number of aromatic nitrogens is 1. The van der Waals surface area contributed by atoms with Crippen molar-refractivity contribution in [1.29, 1.82) is 0 Å². The van der Waals surface area contributed by atoms with Crippen molar-refractivity contribution in [3.05, 3.63) is 57.8 Å². The van der Waals surface area contributed by atoms with E-state index in [2.05, 4.69) is 21.2 Å². The van der Waals surface area contributed by atoms with E-state index in [0.717, 1.165) is 10.0 Å². The van der Waals surface area contributed by atoms with Crippen molar-refractivity contribution in [2.75, 3.05) is 0 Å². The van der Waals surface area contributed by atoms with E-state index >= 15 is 0 Å². The van der Waals surface area contributed by atoms with Crippen LogP contribution in [0.25, 0.3) is 0 Å². The lowest BCUT2D eigenvalue weighted by Gasteiger charge is -2.07. The highest BCUT2D eigenvalue weighted by molar-refractivity contribution is 9.10. The minimum atomic E-state index is -0.482. The molecule has 0 atom stereocenters. The van der Waals surface area contributed by atoms with Gasteiger partial charge in [0.1, 0.15) is 5.69 Å². The highest BCUT2D eigenvalue weighted by atomic mass is 79.9. The first-order chi connectivity index (χ1) is 9.47. The van der Waals surface area contributed by atoms with E-state index in [1.807, 2.05) is 12.3 Å². The number of nitrogens with zero attached hydrogens (tertiary/aromatic N) is 1. The maximum atomic E-state index is 12.0. The number of halogens is 1. The molecule has 3 N–H and O–H groups in total. The third-order valence-electron chi connectivity index (χ3n) is 2.87. The molecule has 0 saturated heterocycles. The van der Waals surface area contributed by atoms with Gasteiger partial charge in [0.05, 0.1) is 0 Å². The van der Waals surface area contributed by atoms with Gasteiger partial charge in [-0.05, 0) is 39.7 Å². The predicted molar refractivity (Wildman–Crippen MR) is 79.2 cm³/mol. The molecule has 5 nitrogen and oxygen atoms in total. The molecule has 20 heavy (non-hydrogen) atoms. The van der Waals surface area contributed by atoms with Crippen LogP contribution in [0.15, 0.2) is 41.0 Å². The fourth-order valence-electron chi connectivity index (χ4n) is 1.86. The Balaban J connectivity index is 2.05. The Kier molecular flexibility index (Phi) is 4.24. The van der Waals surface area contributed by atoms with Gasteiger partial charge in [0.15, 0.2) is 0 Å². The number of carbonyl (C=O) groups excluding carboxylic acids is 2. The molecule has 0 bridgehead atoms. The topological polar surface area (TPSA) is 77.1 Å². The summed E-state index contributed by atoms with van der Waals surface area (Å²) >= 11 is 3.32. The molecule has 6 heteroatoms. The van der Waals surface area contributed by atoms with Crippen LogP contribution in [0.1, 0.15) is 26.4 Å². The van der Waals surface area contributed by atoms with Crippen molar-refractivity contribution in [2.45, 2.75) is 6.54 Å². The summed E-state index contributed by atoms with van der Waals surface area (Å²) in [5.41, 5.74) is 7.03. The second-order valence-electron chi connectivity index (χ2n) is 4.40. The van der Waals surface area contributed by atoms with Gasteiger partial charge in [-0.3, -0.25) is 9.59 Å². The minimum Gasteiger partial charge on any atom is -0.366 e. The Labute approximate surface area is 124 Å². The van der Waals surface area contributed by atoms with Crippen LogP contribution < -0.4 is 11.1 Å². The SMILES string of the molecule is Cn1cc(Br)cc1C(=O)NCc1cccc(C(N)=O)c1. The van der Waals surface area contributed by atoms with Gasteiger partial charge in [-0.1, -0.05) is 12.1 Å². The van der Waals surface area contributed by atoms with E-state index in [9.17, 15) is 9.59 Å². The monoisotopic (exact) mass is 335 g/mol. The molecule has 0 saturated carbocycles. The largest absolute Gasteiger partial charge is 0.366 e. The summed E-state index contributed by atoms with van der Waals surface area (Å²) in [7, 11) is 1.80. The molecule has 104 valence electrons.